The van der Waals surface area contributed by atoms with Gasteiger partial charge in [-0.1, -0.05) is 0 Å². The Hall–Kier alpha value is -1.69. The average molecular weight is 207 g/mol. The Balaban J connectivity index is 1.98. The van der Waals surface area contributed by atoms with Crippen molar-refractivity contribution in [2.75, 3.05) is 6.54 Å². The van der Waals surface area contributed by atoms with E-state index in [9.17, 15) is 0 Å². The summed E-state index contributed by atoms with van der Waals surface area (Å²) >= 11 is 0. The Morgan fingerprint density at radius 1 is 1.40 bits per heavy atom. The van der Waals surface area contributed by atoms with Crippen LogP contribution in [0.5, 0.6) is 0 Å². The average Bonchev–Trinajstić information content (AvgIpc) is 2.87. The van der Waals surface area contributed by atoms with Crippen LogP contribution in [-0.4, -0.2) is 26.8 Å². The number of furan rings is 1. The zero-order valence-corrected chi connectivity index (χ0v) is 8.33. The van der Waals surface area contributed by atoms with Gasteiger partial charge in [0.25, 0.3) is 0 Å². The number of nitrogens with zero attached hydrogens (tertiary/aromatic N) is 4. The van der Waals surface area contributed by atoms with Gasteiger partial charge in [0, 0.05) is 0 Å². The van der Waals surface area contributed by atoms with E-state index in [1.807, 2.05) is 0 Å². The van der Waals surface area contributed by atoms with E-state index in [-0.39, 0.29) is 0 Å². The topological polar surface area (TPSA) is 82.8 Å². The molecular weight excluding hydrogens is 194 g/mol. The summed E-state index contributed by atoms with van der Waals surface area (Å²) in [5.41, 5.74) is 5.39. The third-order valence-corrected chi connectivity index (χ3v) is 2.01. The summed E-state index contributed by atoms with van der Waals surface area (Å²) in [5.74, 6) is 1.16. The molecular formula is C9H13N5O. The quantitative estimate of drug-likeness (QED) is 0.728. The van der Waals surface area contributed by atoms with Crippen LogP contribution in [0, 0.1) is 0 Å². The molecule has 0 saturated heterocycles. The molecule has 0 saturated carbocycles. The number of rotatable bonds is 5. The Labute approximate surface area is 87.1 Å². The van der Waals surface area contributed by atoms with Crippen molar-refractivity contribution in [1.29, 1.82) is 0 Å². The Morgan fingerprint density at radius 3 is 3.07 bits per heavy atom. The summed E-state index contributed by atoms with van der Waals surface area (Å²) in [5, 5.41) is 12.0. The number of hydrogen-bond acceptors (Lipinski definition) is 5. The second-order valence-electron chi connectivity index (χ2n) is 3.18. The smallest absolute Gasteiger partial charge is 0.240 e. The first-order chi connectivity index (χ1) is 7.40. The molecule has 6 heteroatoms. The van der Waals surface area contributed by atoms with E-state index >= 15 is 0 Å². The van der Waals surface area contributed by atoms with Crippen molar-refractivity contribution < 1.29 is 4.42 Å². The van der Waals surface area contributed by atoms with Gasteiger partial charge in [0.05, 0.1) is 12.8 Å². The van der Waals surface area contributed by atoms with Crippen LogP contribution in [0.4, 0.5) is 0 Å². The molecule has 0 aliphatic heterocycles. The Bertz CT molecular complexity index is 394. The highest BCUT2D eigenvalue weighted by Crippen LogP contribution is 2.12. The summed E-state index contributed by atoms with van der Waals surface area (Å²) < 4.78 is 5.16. The van der Waals surface area contributed by atoms with E-state index in [0.717, 1.165) is 19.4 Å². The van der Waals surface area contributed by atoms with Crippen LogP contribution in [0.1, 0.15) is 12.8 Å². The second kappa shape index (κ2) is 4.70. The molecule has 80 valence electrons. The SMILES string of the molecule is NCCCCn1nnc(-c2ccco2)n1. The van der Waals surface area contributed by atoms with Crippen LogP contribution < -0.4 is 5.73 Å². The van der Waals surface area contributed by atoms with Crippen LogP contribution >= 0.6 is 0 Å². The standard InChI is InChI=1S/C9H13N5O/c10-5-1-2-6-14-12-9(11-13-14)8-4-3-7-15-8/h3-4,7H,1-2,5-6,10H2. The lowest BCUT2D eigenvalue weighted by atomic mass is 10.3. The summed E-state index contributed by atoms with van der Waals surface area (Å²) in [6, 6.07) is 3.60. The number of hydrogen-bond donors (Lipinski definition) is 1. The number of unbranched alkanes of at least 4 members (excludes halogenated alkanes) is 1. The molecule has 0 atom stereocenters. The molecule has 0 fully saturated rings. The van der Waals surface area contributed by atoms with E-state index < -0.39 is 0 Å². The highest BCUT2D eigenvalue weighted by molar-refractivity contribution is 5.43. The van der Waals surface area contributed by atoms with Crippen molar-refractivity contribution in [3.8, 4) is 11.6 Å². The van der Waals surface area contributed by atoms with Crippen molar-refractivity contribution in [2.45, 2.75) is 19.4 Å². The second-order valence-corrected chi connectivity index (χ2v) is 3.18. The minimum absolute atomic E-state index is 0.521. The maximum atomic E-state index is 5.39. The lowest BCUT2D eigenvalue weighted by molar-refractivity contribution is 0.490. The van der Waals surface area contributed by atoms with E-state index in [2.05, 4.69) is 15.4 Å². The first-order valence-electron chi connectivity index (χ1n) is 4.92. The van der Waals surface area contributed by atoms with Gasteiger partial charge >= 0.3 is 0 Å². The fourth-order valence-corrected chi connectivity index (χ4v) is 1.24. The van der Waals surface area contributed by atoms with E-state index in [0.29, 0.717) is 18.1 Å². The predicted octanol–water partition coefficient (Wildman–Crippen LogP) is 0.672. The molecule has 0 aromatic carbocycles. The third-order valence-electron chi connectivity index (χ3n) is 2.01. The molecule has 2 aromatic rings. The summed E-state index contributed by atoms with van der Waals surface area (Å²) in [6.07, 6.45) is 3.52. The van der Waals surface area contributed by atoms with Gasteiger partial charge in [0.1, 0.15) is 0 Å². The fourth-order valence-electron chi connectivity index (χ4n) is 1.24. The van der Waals surface area contributed by atoms with E-state index in [1.54, 1.807) is 23.2 Å². The molecule has 0 bridgehead atoms. The molecule has 0 radical (unpaired) electrons. The van der Waals surface area contributed by atoms with Crippen molar-refractivity contribution in [3.63, 3.8) is 0 Å². The highest BCUT2D eigenvalue weighted by atomic mass is 16.3. The molecule has 2 rings (SSSR count). The molecule has 0 aliphatic carbocycles. The maximum absolute atomic E-state index is 5.39. The van der Waals surface area contributed by atoms with Crippen molar-refractivity contribution in [3.05, 3.63) is 18.4 Å². The first kappa shape index (κ1) is 9.85. The van der Waals surface area contributed by atoms with Crippen LogP contribution in [-0.2, 0) is 6.54 Å². The highest BCUT2D eigenvalue weighted by Gasteiger charge is 2.07. The molecule has 0 aliphatic rings. The molecule has 2 aromatic heterocycles. The zero-order chi connectivity index (χ0) is 10.5. The van der Waals surface area contributed by atoms with Gasteiger partial charge in [0.2, 0.25) is 5.82 Å². The lowest BCUT2D eigenvalue weighted by Crippen LogP contribution is -2.05. The number of aryl methyl sites for hydroxylation is 1. The van der Waals surface area contributed by atoms with Gasteiger partial charge in [-0.25, -0.2) is 0 Å². The third kappa shape index (κ3) is 2.41. The Kier molecular flexibility index (Phi) is 3.08. The van der Waals surface area contributed by atoms with Gasteiger partial charge in [-0.15, -0.1) is 10.2 Å². The van der Waals surface area contributed by atoms with Crippen LogP contribution in [0.3, 0.4) is 0 Å². The van der Waals surface area contributed by atoms with Crippen molar-refractivity contribution in [2.24, 2.45) is 5.73 Å². The molecule has 0 unspecified atom stereocenters. The number of aromatic nitrogens is 4. The lowest BCUT2D eigenvalue weighted by Gasteiger charge is -1.95. The first-order valence-corrected chi connectivity index (χ1v) is 4.92. The molecule has 2 heterocycles. The van der Waals surface area contributed by atoms with E-state index in [4.69, 9.17) is 10.2 Å². The monoisotopic (exact) mass is 207 g/mol. The molecule has 15 heavy (non-hydrogen) atoms. The van der Waals surface area contributed by atoms with Gasteiger partial charge in [0.15, 0.2) is 5.76 Å². The van der Waals surface area contributed by atoms with Gasteiger partial charge in [-0.2, -0.15) is 4.80 Å². The maximum Gasteiger partial charge on any atom is 0.240 e. The summed E-state index contributed by atoms with van der Waals surface area (Å²) in [6.45, 7) is 1.44. The largest absolute Gasteiger partial charge is 0.461 e. The molecule has 2 N–H and O–H groups in total. The van der Waals surface area contributed by atoms with Gasteiger partial charge in [-0.05, 0) is 36.7 Å². The fraction of sp³-hybridized carbons (Fsp3) is 0.444. The predicted molar refractivity (Wildman–Crippen MR) is 53.8 cm³/mol. The molecule has 0 amide bonds. The van der Waals surface area contributed by atoms with E-state index in [1.165, 1.54) is 0 Å². The normalized spacial score (nSPS) is 10.7. The number of nitrogens with two attached hydrogens (primary N) is 1. The summed E-state index contributed by atoms with van der Waals surface area (Å²) in [7, 11) is 0. The summed E-state index contributed by atoms with van der Waals surface area (Å²) in [4.78, 5) is 1.56. The van der Waals surface area contributed by atoms with Gasteiger partial charge < -0.3 is 10.2 Å². The zero-order valence-electron chi connectivity index (χ0n) is 8.33. The van der Waals surface area contributed by atoms with Crippen molar-refractivity contribution >= 4 is 0 Å². The minimum Gasteiger partial charge on any atom is -0.461 e. The Morgan fingerprint density at radius 2 is 2.33 bits per heavy atom. The molecule has 6 nitrogen and oxygen atoms in total. The number of tetrazole rings is 1. The van der Waals surface area contributed by atoms with Crippen LogP contribution in [0.2, 0.25) is 0 Å². The molecule has 0 spiro atoms. The van der Waals surface area contributed by atoms with Crippen LogP contribution in [0.25, 0.3) is 11.6 Å². The minimum atomic E-state index is 0.521. The van der Waals surface area contributed by atoms with Gasteiger partial charge in [-0.3, -0.25) is 0 Å². The van der Waals surface area contributed by atoms with Crippen molar-refractivity contribution in [1.82, 2.24) is 20.2 Å². The van der Waals surface area contributed by atoms with Crippen LogP contribution in [0.15, 0.2) is 22.8 Å².